The molecule has 0 spiro atoms. The first kappa shape index (κ1) is 11.9. The van der Waals surface area contributed by atoms with Crippen LogP contribution < -0.4 is 5.73 Å². The van der Waals surface area contributed by atoms with Crippen molar-refractivity contribution in [3.8, 4) is 5.75 Å². The zero-order valence-corrected chi connectivity index (χ0v) is 11.4. The molecular formula is C13H18BrNO. The summed E-state index contributed by atoms with van der Waals surface area (Å²) in [6, 6.07) is 1.80. The van der Waals surface area contributed by atoms with Crippen LogP contribution in [0, 0.1) is 13.8 Å². The molecule has 0 saturated heterocycles. The van der Waals surface area contributed by atoms with E-state index in [1.54, 1.807) is 6.07 Å². The lowest BCUT2D eigenvalue weighted by Gasteiger charge is -2.29. The van der Waals surface area contributed by atoms with E-state index in [0.717, 1.165) is 28.4 Å². The standard InChI is InChI=1S/C13H18BrNO/c1-8-7-10(16)12(14)9(2)11(8)13(15)5-3-4-6-13/h7,16H,3-6,15H2,1-2H3. The van der Waals surface area contributed by atoms with Gasteiger partial charge in [0.05, 0.1) is 4.47 Å². The second-order valence-electron chi connectivity index (χ2n) is 4.89. The van der Waals surface area contributed by atoms with Crippen LogP contribution >= 0.6 is 15.9 Å². The highest BCUT2D eigenvalue weighted by molar-refractivity contribution is 9.10. The molecule has 2 nitrogen and oxygen atoms in total. The molecule has 0 radical (unpaired) electrons. The van der Waals surface area contributed by atoms with Crippen molar-refractivity contribution >= 4 is 15.9 Å². The van der Waals surface area contributed by atoms with Crippen LogP contribution in [0.15, 0.2) is 10.5 Å². The van der Waals surface area contributed by atoms with Crippen LogP contribution in [-0.4, -0.2) is 5.11 Å². The smallest absolute Gasteiger partial charge is 0.130 e. The van der Waals surface area contributed by atoms with Gasteiger partial charge in [-0.25, -0.2) is 0 Å². The van der Waals surface area contributed by atoms with Crippen LogP contribution in [0.4, 0.5) is 0 Å². The minimum atomic E-state index is -0.190. The number of phenols is 1. The third kappa shape index (κ3) is 1.76. The normalized spacial score (nSPS) is 19.0. The van der Waals surface area contributed by atoms with E-state index in [-0.39, 0.29) is 5.54 Å². The fraction of sp³-hybridized carbons (Fsp3) is 0.538. The number of nitrogens with two attached hydrogens (primary N) is 1. The van der Waals surface area contributed by atoms with Gasteiger partial charge in [0.25, 0.3) is 0 Å². The molecule has 0 atom stereocenters. The summed E-state index contributed by atoms with van der Waals surface area (Å²) in [5.74, 6) is 0.306. The molecule has 0 aromatic heterocycles. The van der Waals surface area contributed by atoms with E-state index in [9.17, 15) is 5.11 Å². The summed E-state index contributed by atoms with van der Waals surface area (Å²) >= 11 is 3.43. The molecule has 88 valence electrons. The van der Waals surface area contributed by atoms with Gasteiger partial charge in [0, 0.05) is 5.54 Å². The fourth-order valence-corrected chi connectivity index (χ4v) is 3.27. The lowest BCUT2D eigenvalue weighted by Crippen LogP contribution is -2.34. The molecule has 0 aliphatic heterocycles. The maximum Gasteiger partial charge on any atom is 0.130 e. The van der Waals surface area contributed by atoms with E-state index in [1.165, 1.54) is 18.4 Å². The number of rotatable bonds is 1. The van der Waals surface area contributed by atoms with Crippen LogP contribution in [-0.2, 0) is 5.54 Å². The van der Waals surface area contributed by atoms with Crippen LogP contribution in [0.2, 0.25) is 0 Å². The van der Waals surface area contributed by atoms with Crippen molar-refractivity contribution in [1.29, 1.82) is 0 Å². The van der Waals surface area contributed by atoms with Gasteiger partial charge in [0.15, 0.2) is 0 Å². The Morgan fingerprint density at radius 1 is 1.31 bits per heavy atom. The zero-order valence-electron chi connectivity index (χ0n) is 9.81. The van der Waals surface area contributed by atoms with Crippen molar-refractivity contribution in [3.63, 3.8) is 0 Å². The largest absolute Gasteiger partial charge is 0.507 e. The minimum Gasteiger partial charge on any atom is -0.507 e. The highest BCUT2D eigenvalue weighted by Gasteiger charge is 2.34. The molecule has 1 aromatic rings. The molecule has 0 amide bonds. The molecule has 1 aliphatic rings. The van der Waals surface area contributed by atoms with Crippen LogP contribution in [0.25, 0.3) is 0 Å². The van der Waals surface area contributed by atoms with Crippen molar-refractivity contribution < 1.29 is 5.11 Å². The Kier molecular flexibility index (Phi) is 3.01. The van der Waals surface area contributed by atoms with E-state index in [2.05, 4.69) is 15.9 Å². The molecule has 1 aromatic carbocycles. The molecule has 3 heteroatoms. The number of aromatic hydroxyl groups is 1. The number of hydrogen-bond donors (Lipinski definition) is 2. The minimum absolute atomic E-state index is 0.190. The van der Waals surface area contributed by atoms with Gasteiger partial charge in [-0.05, 0) is 65.4 Å². The summed E-state index contributed by atoms with van der Waals surface area (Å²) in [6.45, 7) is 4.06. The summed E-state index contributed by atoms with van der Waals surface area (Å²) < 4.78 is 0.782. The number of phenolic OH excluding ortho intramolecular Hbond substituents is 1. The maximum absolute atomic E-state index is 9.74. The average Bonchev–Trinajstić information content (AvgIpc) is 2.62. The highest BCUT2D eigenvalue weighted by Crippen LogP contribution is 2.43. The van der Waals surface area contributed by atoms with Gasteiger partial charge in [-0.2, -0.15) is 0 Å². The summed E-state index contributed by atoms with van der Waals surface area (Å²) in [5, 5.41) is 9.74. The number of hydrogen-bond acceptors (Lipinski definition) is 2. The Balaban J connectivity index is 2.60. The predicted molar refractivity (Wildman–Crippen MR) is 69.6 cm³/mol. The number of aryl methyl sites for hydroxylation is 1. The van der Waals surface area contributed by atoms with Crippen LogP contribution in [0.3, 0.4) is 0 Å². The van der Waals surface area contributed by atoms with E-state index in [0.29, 0.717) is 5.75 Å². The van der Waals surface area contributed by atoms with E-state index < -0.39 is 0 Å². The second-order valence-corrected chi connectivity index (χ2v) is 5.68. The van der Waals surface area contributed by atoms with Crippen LogP contribution in [0.1, 0.15) is 42.4 Å². The van der Waals surface area contributed by atoms with Gasteiger partial charge in [-0.1, -0.05) is 12.8 Å². The van der Waals surface area contributed by atoms with E-state index >= 15 is 0 Å². The second kappa shape index (κ2) is 4.04. The van der Waals surface area contributed by atoms with Gasteiger partial charge in [0.1, 0.15) is 5.75 Å². The Morgan fingerprint density at radius 2 is 1.88 bits per heavy atom. The highest BCUT2D eigenvalue weighted by atomic mass is 79.9. The molecule has 3 N–H and O–H groups in total. The fourth-order valence-electron chi connectivity index (χ4n) is 2.96. The lowest BCUT2D eigenvalue weighted by atomic mass is 9.83. The number of benzene rings is 1. The Morgan fingerprint density at radius 3 is 2.44 bits per heavy atom. The molecule has 1 fully saturated rings. The monoisotopic (exact) mass is 283 g/mol. The molecule has 1 aliphatic carbocycles. The third-order valence-electron chi connectivity index (χ3n) is 3.67. The third-order valence-corrected chi connectivity index (χ3v) is 4.67. The van der Waals surface area contributed by atoms with Crippen LogP contribution in [0.5, 0.6) is 5.75 Å². The molecule has 0 unspecified atom stereocenters. The molecule has 1 saturated carbocycles. The molecule has 0 bridgehead atoms. The summed E-state index contributed by atoms with van der Waals surface area (Å²) in [4.78, 5) is 0. The Labute approximate surface area is 105 Å². The SMILES string of the molecule is Cc1cc(O)c(Br)c(C)c1C1(N)CCCC1. The van der Waals surface area contributed by atoms with Crippen molar-refractivity contribution in [3.05, 3.63) is 27.2 Å². The molecular weight excluding hydrogens is 266 g/mol. The Bertz CT molecular complexity index is 422. The molecule has 2 rings (SSSR count). The van der Waals surface area contributed by atoms with Gasteiger partial charge in [-0.15, -0.1) is 0 Å². The quantitative estimate of drug-likeness (QED) is 0.829. The summed E-state index contributed by atoms with van der Waals surface area (Å²) in [6.07, 6.45) is 4.50. The molecule has 0 heterocycles. The first-order valence-electron chi connectivity index (χ1n) is 5.74. The van der Waals surface area contributed by atoms with Gasteiger partial charge in [0.2, 0.25) is 0 Å². The zero-order chi connectivity index (χ0) is 11.9. The van der Waals surface area contributed by atoms with Crippen molar-refractivity contribution in [2.24, 2.45) is 5.73 Å². The van der Waals surface area contributed by atoms with Crippen molar-refractivity contribution in [1.82, 2.24) is 0 Å². The topological polar surface area (TPSA) is 46.2 Å². The van der Waals surface area contributed by atoms with E-state index in [4.69, 9.17) is 5.73 Å². The average molecular weight is 284 g/mol. The number of halogens is 1. The first-order chi connectivity index (χ1) is 7.46. The lowest BCUT2D eigenvalue weighted by molar-refractivity contribution is 0.447. The van der Waals surface area contributed by atoms with E-state index in [1.807, 2.05) is 13.8 Å². The van der Waals surface area contributed by atoms with Gasteiger partial charge >= 0.3 is 0 Å². The Hall–Kier alpha value is -0.540. The van der Waals surface area contributed by atoms with Crippen molar-refractivity contribution in [2.45, 2.75) is 45.1 Å². The first-order valence-corrected chi connectivity index (χ1v) is 6.53. The van der Waals surface area contributed by atoms with Gasteiger partial charge in [-0.3, -0.25) is 0 Å². The van der Waals surface area contributed by atoms with Crippen molar-refractivity contribution in [2.75, 3.05) is 0 Å². The van der Waals surface area contributed by atoms with Gasteiger partial charge < -0.3 is 10.8 Å². The summed E-state index contributed by atoms with van der Waals surface area (Å²) in [5.41, 5.74) is 9.71. The molecule has 16 heavy (non-hydrogen) atoms. The maximum atomic E-state index is 9.74. The summed E-state index contributed by atoms with van der Waals surface area (Å²) in [7, 11) is 0. The predicted octanol–water partition coefficient (Wildman–Crippen LogP) is 3.50.